The van der Waals surface area contributed by atoms with Crippen LogP contribution in [0.3, 0.4) is 0 Å². The molecule has 1 aromatic carbocycles. The predicted octanol–water partition coefficient (Wildman–Crippen LogP) is 5.46. The number of carbonyl (C=O) groups excluding carboxylic acids is 2. The molecule has 1 amide bonds. The van der Waals surface area contributed by atoms with Gasteiger partial charge in [-0.15, -0.1) is 11.3 Å². The van der Waals surface area contributed by atoms with Gasteiger partial charge in [0.25, 0.3) is 11.6 Å². The van der Waals surface area contributed by atoms with Gasteiger partial charge in [-0.05, 0) is 49.6 Å². The van der Waals surface area contributed by atoms with Gasteiger partial charge in [0.05, 0.1) is 32.8 Å². The van der Waals surface area contributed by atoms with Crippen LogP contribution in [-0.4, -0.2) is 28.1 Å². The molecule has 170 valence electrons. The van der Waals surface area contributed by atoms with Gasteiger partial charge in [-0.2, -0.15) is 13.2 Å². The van der Waals surface area contributed by atoms with Gasteiger partial charge in [-0.1, -0.05) is 17.3 Å². The maximum atomic E-state index is 12.9. The number of alkyl halides is 3. The van der Waals surface area contributed by atoms with E-state index in [4.69, 9.17) is 9.26 Å². The summed E-state index contributed by atoms with van der Waals surface area (Å²) in [5.74, 6) is -1.60. The zero-order chi connectivity index (χ0) is 23.8. The third kappa shape index (κ3) is 4.72. The lowest BCUT2D eigenvalue weighted by atomic mass is 10.1. The Balaban J connectivity index is 1.56. The number of hydrogen-bond acceptors (Lipinski definition) is 7. The summed E-state index contributed by atoms with van der Waals surface area (Å²) in [5, 5.41) is 8.38. The molecule has 33 heavy (non-hydrogen) atoms. The topological polar surface area (TPSA) is 94.3 Å². The van der Waals surface area contributed by atoms with Gasteiger partial charge in [0.2, 0.25) is 0 Å². The van der Waals surface area contributed by atoms with Crippen molar-refractivity contribution in [3.63, 3.8) is 0 Å². The highest BCUT2D eigenvalue weighted by Crippen LogP contribution is 2.31. The van der Waals surface area contributed by atoms with E-state index in [2.05, 4.69) is 15.5 Å². The quantitative estimate of drug-likeness (QED) is 0.385. The minimum atomic E-state index is -4.55. The van der Waals surface area contributed by atoms with Crippen LogP contribution in [0.4, 0.5) is 18.9 Å². The van der Waals surface area contributed by atoms with Gasteiger partial charge >= 0.3 is 12.1 Å². The van der Waals surface area contributed by atoms with Gasteiger partial charge < -0.3 is 14.6 Å². The van der Waals surface area contributed by atoms with Crippen molar-refractivity contribution >= 4 is 40.0 Å². The average Bonchev–Trinajstić information content (AvgIpc) is 3.43. The average molecular weight is 475 g/mol. The van der Waals surface area contributed by atoms with Crippen molar-refractivity contribution in [3.05, 3.63) is 64.7 Å². The van der Waals surface area contributed by atoms with Crippen LogP contribution >= 0.6 is 11.3 Å². The van der Waals surface area contributed by atoms with Gasteiger partial charge in [0.15, 0.2) is 6.10 Å². The highest BCUT2D eigenvalue weighted by atomic mass is 32.1. The third-order valence-electron chi connectivity index (χ3n) is 4.72. The number of thiophene rings is 1. The van der Waals surface area contributed by atoms with Crippen LogP contribution in [-0.2, 0) is 15.7 Å². The first kappa shape index (κ1) is 22.5. The van der Waals surface area contributed by atoms with Crippen LogP contribution in [0, 0.1) is 6.92 Å². The van der Waals surface area contributed by atoms with Crippen LogP contribution in [0.5, 0.6) is 0 Å². The van der Waals surface area contributed by atoms with Crippen molar-refractivity contribution in [2.24, 2.45) is 0 Å². The first-order chi connectivity index (χ1) is 15.6. The number of nitrogens with one attached hydrogen (secondary N) is 1. The number of halogens is 3. The summed E-state index contributed by atoms with van der Waals surface area (Å²) in [6, 6.07) is 9.34. The number of esters is 1. The van der Waals surface area contributed by atoms with Crippen LogP contribution in [0.15, 0.2) is 52.4 Å². The smallest absolute Gasteiger partial charge is 0.416 e. The Bertz CT molecular complexity index is 1330. The molecule has 4 rings (SSSR count). The van der Waals surface area contributed by atoms with E-state index in [1.54, 1.807) is 6.92 Å². The molecule has 1 atom stereocenters. The second-order valence-corrected chi connectivity index (χ2v) is 8.04. The molecule has 0 saturated heterocycles. The molecule has 4 aromatic rings. The molecule has 11 heteroatoms. The molecule has 1 N–H and O–H groups in total. The van der Waals surface area contributed by atoms with Crippen LogP contribution in [0.2, 0.25) is 0 Å². The molecule has 0 bridgehead atoms. The Kier molecular flexibility index (Phi) is 5.90. The third-order valence-corrected chi connectivity index (χ3v) is 5.61. The first-order valence-corrected chi connectivity index (χ1v) is 10.5. The highest BCUT2D eigenvalue weighted by Gasteiger charge is 2.31. The molecule has 0 aliphatic rings. The molecule has 0 radical (unpaired) electrons. The molecule has 0 fully saturated rings. The fourth-order valence-electron chi connectivity index (χ4n) is 3.10. The summed E-state index contributed by atoms with van der Waals surface area (Å²) in [6.45, 7) is 2.96. The second-order valence-electron chi connectivity index (χ2n) is 7.10. The van der Waals surface area contributed by atoms with Crippen LogP contribution in [0.25, 0.3) is 21.7 Å². The summed E-state index contributed by atoms with van der Waals surface area (Å²) in [4.78, 5) is 30.6. The van der Waals surface area contributed by atoms with Gasteiger partial charge in [-0.3, -0.25) is 4.79 Å². The summed E-state index contributed by atoms with van der Waals surface area (Å²) < 4.78 is 49.2. The Morgan fingerprint density at radius 3 is 2.67 bits per heavy atom. The number of aryl methyl sites for hydroxylation is 1. The highest BCUT2D eigenvalue weighted by molar-refractivity contribution is 7.13. The van der Waals surface area contributed by atoms with Crippen molar-refractivity contribution in [2.45, 2.75) is 26.1 Å². The SMILES string of the molecule is Cc1noc2nc(-c3cccs3)cc(C(=O)O[C@@H](C)C(=O)Nc3cccc(C(F)(F)F)c3)c12. The van der Waals surface area contributed by atoms with E-state index in [0.29, 0.717) is 16.8 Å². The first-order valence-electron chi connectivity index (χ1n) is 9.63. The lowest BCUT2D eigenvalue weighted by Crippen LogP contribution is -2.30. The Morgan fingerprint density at radius 1 is 1.18 bits per heavy atom. The van der Waals surface area contributed by atoms with Crippen molar-refractivity contribution in [1.29, 1.82) is 0 Å². The van der Waals surface area contributed by atoms with Gasteiger partial charge in [0, 0.05) is 5.69 Å². The number of anilines is 1. The van der Waals surface area contributed by atoms with Gasteiger partial charge in [0.1, 0.15) is 0 Å². The van der Waals surface area contributed by atoms with E-state index < -0.39 is 29.7 Å². The normalized spacial score (nSPS) is 12.5. The van der Waals surface area contributed by atoms with E-state index >= 15 is 0 Å². The molecule has 0 saturated carbocycles. The number of fused-ring (bicyclic) bond motifs is 1. The summed E-state index contributed by atoms with van der Waals surface area (Å²) in [6.07, 6.45) is -5.84. The van der Waals surface area contributed by atoms with Crippen molar-refractivity contribution in [3.8, 4) is 10.6 Å². The largest absolute Gasteiger partial charge is 0.449 e. The van der Waals surface area contributed by atoms with E-state index in [9.17, 15) is 22.8 Å². The summed E-state index contributed by atoms with van der Waals surface area (Å²) in [5.41, 5.74) is 0.171. The van der Waals surface area contributed by atoms with Gasteiger partial charge in [-0.25, -0.2) is 9.78 Å². The lowest BCUT2D eigenvalue weighted by molar-refractivity contribution is -0.137. The standard InChI is InChI=1S/C22H16F3N3O4S/c1-11-18-15(10-16(17-7-4-8-33-17)27-20(18)32-28-11)21(30)31-12(2)19(29)26-14-6-3-5-13(9-14)22(23,24)25/h3-10,12H,1-2H3,(H,26,29)/t12-/m0/s1. The van der Waals surface area contributed by atoms with E-state index in [-0.39, 0.29) is 17.0 Å². The number of aromatic nitrogens is 2. The molecule has 7 nitrogen and oxygen atoms in total. The van der Waals surface area contributed by atoms with Crippen LogP contribution < -0.4 is 5.32 Å². The maximum Gasteiger partial charge on any atom is 0.416 e. The number of nitrogens with zero attached hydrogens (tertiary/aromatic N) is 2. The number of rotatable bonds is 5. The molecule has 0 aliphatic carbocycles. The molecule has 0 unspecified atom stereocenters. The number of amides is 1. The lowest BCUT2D eigenvalue weighted by Gasteiger charge is -2.15. The van der Waals surface area contributed by atoms with E-state index in [1.807, 2.05) is 17.5 Å². The zero-order valence-electron chi connectivity index (χ0n) is 17.3. The van der Waals surface area contributed by atoms with E-state index in [1.165, 1.54) is 36.5 Å². The van der Waals surface area contributed by atoms with E-state index in [0.717, 1.165) is 17.0 Å². The molecule has 0 spiro atoms. The number of pyridine rings is 1. The molecular weight excluding hydrogens is 459 g/mol. The molecule has 3 aromatic heterocycles. The predicted molar refractivity (Wildman–Crippen MR) is 115 cm³/mol. The molecule has 3 heterocycles. The fraction of sp³-hybridized carbons (Fsp3) is 0.182. The zero-order valence-corrected chi connectivity index (χ0v) is 18.1. The van der Waals surface area contributed by atoms with Crippen molar-refractivity contribution in [1.82, 2.24) is 10.1 Å². The van der Waals surface area contributed by atoms with Crippen molar-refractivity contribution in [2.75, 3.05) is 5.32 Å². The number of benzene rings is 1. The number of ether oxygens (including phenoxy) is 1. The summed E-state index contributed by atoms with van der Waals surface area (Å²) >= 11 is 1.41. The minimum Gasteiger partial charge on any atom is -0.449 e. The monoisotopic (exact) mass is 475 g/mol. The Hall–Kier alpha value is -3.73. The van der Waals surface area contributed by atoms with Crippen LogP contribution in [0.1, 0.15) is 28.5 Å². The number of carbonyl (C=O) groups is 2. The maximum absolute atomic E-state index is 12.9. The number of hydrogen-bond donors (Lipinski definition) is 1. The molecular formula is C22H16F3N3O4S. The van der Waals surface area contributed by atoms with Crippen molar-refractivity contribution < 1.29 is 32.0 Å². The molecule has 0 aliphatic heterocycles. The fourth-order valence-corrected chi connectivity index (χ4v) is 3.79. The summed E-state index contributed by atoms with van der Waals surface area (Å²) in [7, 11) is 0. The minimum absolute atomic E-state index is 0.0705. The Morgan fingerprint density at radius 2 is 1.97 bits per heavy atom. The second kappa shape index (κ2) is 8.66. The Labute approximate surface area is 189 Å².